The fourth-order valence-corrected chi connectivity index (χ4v) is 2.63. The summed E-state index contributed by atoms with van der Waals surface area (Å²) in [7, 11) is -1.23. The topological polar surface area (TPSA) is 110 Å². The van der Waals surface area contributed by atoms with Crippen LogP contribution in [0.15, 0.2) is 29.2 Å². The van der Waals surface area contributed by atoms with Crippen molar-refractivity contribution in [3.8, 4) is 5.75 Å². The first-order valence-electron chi connectivity index (χ1n) is 6.25. The molecule has 0 aliphatic rings. The molecule has 0 aliphatic heterocycles. The Kier molecular flexibility index (Phi) is 6.32. The molecule has 22 heavy (non-hydrogen) atoms. The average Bonchev–Trinajstić information content (AvgIpc) is 2.50. The number of rotatable bonds is 8. The van der Waals surface area contributed by atoms with Crippen molar-refractivity contribution < 1.29 is 32.6 Å². The fraction of sp³-hybridized carbons (Fsp3) is 0.385. The summed E-state index contributed by atoms with van der Waals surface area (Å²) in [5.41, 5.74) is 0. The van der Waals surface area contributed by atoms with Crippen LogP contribution >= 0.6 is 0 Å². The van der Waals surface area contributed by atoms with Crippen molar-refractivity contribution in [2.75, 3.05) is 27.3 Å². The number of carbonyl (C=O) groups excluding carboxylic acids is 1. The number of hydrogen-bond acceptors (Lipinski definition) is 6. The lowest BCUT2D eigenvalue weighted by Gasteiger charge is -2.16. The molecule has 1 rings (SSSR count). The normalized spacial score (nSPS) is 11.2. The van der Waals surface area contributed by atoms with Gasteiger partial charge >= 0.3 is 11.9 Å². The number of aliphatic carboxylic acids is 1. The highest BCUT2D eigenvalue weighted by Crippen LogP contribution is 2.19. The Morgan fingerprint density at radius 2 is 1.82 bits per heavy atom. The molecule has 122 valence electrons. The second-order valence-electron chi connectivity index (χ2n) is 4.31. The summed E-state index contributed by atoms with van der Waals surface area (Å²) in [6.07, 6.45) is -0.282. The van der Waals surface area contributed by atoms with E-state index >= 15 is 0 Å². The van der Waals surface area contributed by atoms with Gasteiger partial charge in [0.1, 0.15) is 5.75 Å². The highest BCUT2D eigenvalue weighted by molar-refractivity contribution is 7.89. The predicted octanol–water partition coefficient (Wildman–Crippen LogP) is 0.334. The van der Waals surface area contributed by atoms with Crippen LogP contribution in [0, 0.1) is 0 Å². The van der Waals surface area contributed by atoms with E-state index in [1.807, 2.05) is 0 Å². The van der Waals surface area contributed by atoms with Gasteiger partial charge in [0.2, 0.25) is 10.0 Å². The molecule has 0 spiro atoms. The number of carboxylic acid groups (broad SMARTS) is 1. The molecule has 8 nitrogen and oxygen atoms in total. The number of carboxylic acids is 1. The van der Waals surface area contributed by atoms with E-state index in [-0.39, 0.29) is 24.5 Å². The van der Waals surface area contributed by atoms with Crippen molar-refractivity contribution in [1.29, 1.82) is 0 Å². The molecule has 0 radical (unpaired) electrons. The zero-order valence-corrected chi connectivity index (χ0v) is 13.0. The van der Waals surface area contributed by atoms with Crippen LogP contribution in [0.1, 0.15) is 6.42 Å². The summed E-state index contributed by atoms with van der Waals surface area (Å²) in [4.78, 5) is 21.4. The lowest BCUT2D eigenvalue weighted by molar-refractivity contribution is -0.143. The molecule has 0 atom stereocenters. The standard InChI is InChI=1S/C13H17NO7S/c1-14(8-7-12(15)16)22(18,19)11-5-3-10(4-6-11)21-9-13(17)20-2/h3-6H,7-9H2,1-2H3,(H,15,16). The zero-order chi connectivity index (χ0) is 16.8. The van der Waals surface area contributed by atoms with Crippen molar-refractivity contribution in [3.05, 3.63) is 24.3 Å². The number of sulfonamides is 1. The van der Waals surface area contributed by atoms with Gasteiger partial charge in [-0.25, -0.2) is 17.5 Å². The summed E-state index contributed by atoms with van der Waals surface area (Å²) in [6.45, 7) is -0.403. The van der Waals surface area contributed by atoms with Crippen LogP contribution in [-0.2, 0) is 24.3 Å². The molecule has 0 bridgehead atoms. The van der Waals surface area contributed by atoms with Gasteiger partial charge in [0.15, 0.2) is 6.61 Å². The number of benzene rings is 1. The van der Waals surface area contributed by atoms with Gasteiger partial charge in [0, 0.05) is 13.6 Å². The SMILES string of the molecule is COC(=O)COc1ccc(S(=O)(=O)N(C)CCC(=O)O)cc1. The van der Waals surface area contributed by atoms with Gasteiger partial charge in [-0.1, -0.05) is 0 Å². The van der Waals surface area contributed by atoms with Crippen molar-refractivity contribution in [2.24, 2.45) is 0 Å². The van der Waals surface area contributed by atoms with Gasteiger partial charge < -0.3 is 14.6 Å². The molecule has 0 aliphatic carbocycles. The highest BCUT2D eigenvalue weighted by atomic mass is 32.2. The molecule has 0 saturated heterocycles. The Balaban J connectivity index is 2.75. The fourth-order valence-electron chi connectivity index (χ4n) is 1.46. The van der Waals surface area contributed by atoms with Crippen LogP contribution in [0.4, 0.5) is 0 Å². The van der Waals surface area contributed by atoms with E-state index in [1.165, 1.54) is 38.4 Å². The zero-order valence-electron chi connectivity index (χ0n) is 12.2. The highest BCUT2D eigenvalue weighted by Gasteiger charge is 2.21. The minimum Gasteiger partial charge on any atom is -0.482 e. The first kappa shape index (κ1) is 17.9. The molecule has 1 aromatic carbocycles. The van der Waals surface area contributed by atoms with Crippen LogP contribution < -0.4 is 4.74 Å². The molecule has 9 heteroatoms. The van der Waals surface area contributed by atoms with Crippen LogP contribution in [0.5, 0.6) is 5.75 Å². The summed E-state index contributed by atoms with van der Waals surface area (Å²) in [5.74, 6) is -1.31. The third kappa shape index (κ3) is 5.01. The molecule has 0 fully saturated rings. The van der Waals surface area contributed by atoms with E-state index < -0.39 is 22.0 Å². The summed E-state index contributed by atoms with van der Waals surface area (Å²) in [5, 5.41) is 8.58. The van der Waals surface area contributed by atoms with Crippen LogP contribution in [0.25, 0.3) is 0 Å². The van der Waals surface area contributed by atoms with Gasteiger partial charge in [-0.2, -0.15) is 0 Å². The third-order valence-corrected chi connectivity index (χ3v) is 4.63. The maximum atomic E-state index is 12.2. The Morgan fingerprint density at radius 3 is 2.32 bits per heavy atom. The average molecular weight is 331 g/mol. The number of methoxy groups -OCH3 is 1. The van der Waals surface area contributed by atoms with Crippen molar-refractivity contribution in [2.45, 2.75) is 11.3 Å². The van der Waals surface area contributed by atoms with Crippen LogP contribution in [0.3, 0.4) is 0 Å². The number of nitrogens with zero attached hydrogens (tertiary/aromatic N) is 1. The molecule has 0 amide bonds. The lowest BCUT2D eigenvalue weighted by Crippen LogP contribution is -2.29. The number of esters is 1. The number of carbonyl (C=O) groups is 2. The van der Waals surface area contributed by atoms with Gasteiger partial charge in [-0.3, -0.25) is 4.79 Å². The van der Waals surface area contributed by atoms with E-state index in [4.69, 9.17) is 9.84 Å². The van der Waals surface area contributed by atoms with Crippen molar-refractivity contribution in [1.82, 2.24) is 4.31 Å². The van der Waals surface area contributed by atoms with E-state index in [9.17, 15) is 18.0 Å². The smallest absolute Gasteiger partial charge is 0.343 e. The second-order valence-corrected chi connectivity index (χ2v) is 6.35. The van der Waals surface area contributed by atoms with Crippen molar-refractivity contribution >= 4 is 22.0 Å². The van der Waals surface area contributed by atoms with E-state index in [0.717, 1.165) is 4.31 Å². The van der Waals surface area contributed by atoms with Crippen molar-refractivity contribution in [3.63, 3.8) is 0 Å². The molecule has 1 aromatic rings. The maximum Gasteiger partial charge on any atom is 0.343 e. The minimum absolute atomic E-state index is 0.00538. The van der Waals surface area contributed by atoms with Gasteiger partial charge in [0.05, 0.1) is 18.4 Å². The lowest BCUT2D eigenvalue weighted by atomic mass is 10.3. The van der Waals surface area contributed by atoms with Gasteiger partial charge in [0.25, 0.3) is 0 Å². The molecule has 0 unspecified atom stereocenters. The second kappa shape index (κ2) is 7.76. The molecular weight excluding hydrogens is 314 g/mol. The molecular formula is C13H17NO7S. The minimum atomic E-state index is -3.76. The van der Waals surface area contributed by atoms with Gasteiger partial charge in [-0.15, -0.1) is 0 Å². The first-order valence-corrected chi connectivity index (χ1v) is 7.69. The van der Waals surface area contributed by atoms with Crippen LogP contribution in [-0.4, -0.2) is 57.1 Å². The molecule has 0 saturated carbocycles. The van der Waals surface area contributed by atoms with Crippen LogP contribution in [0.2, 0.25) is 0 Å². The first-order chi connectivity index (χ1) is 10.3. The predicted molar refractivity (Wildman–Crippen MR) is 76.0 cm³/mol. The summed E-state index contributed by atoms with van der Waals surface area (Å²) < 4.78 is 34.9. The summed E-state index contributed by atoms with van der Waals surface area (Å²) >= 11 is 0. The molecule has 0 aromatic heterocycles. The Bertz CT molecular complexity index is 624. The third-order valence-electron chi connectivity index (χ3n) is 2.76. The monoisotopic (exact) mass is 331 g/mol. The van der Waals surface area contributed by atoms with E-state index in [2.05, 4.69) is 4.74 Å². The van der Waals surface area contributed by atoms with E-state index in [0.29, 0.717) is 5.75 Å². The number of ether oxygens (including phenoxy) is 2. The Morgan fingerprint density at radius 1 is 1.23 bits per heavy atom. The maximum absolute atomic E-state index is 12.2. The number of hydrogen-bond donors (Lipinski definition) is 1. The largest absolute Gasteiger partial charge is 0.482 e. The Labute approximate surface area is 128 Å². The Hall–Kier alpha value is -2.13. The molecule has 1 N–H and O–H groups in total. The van der Waals surface area contributed by atoms with E-state index in [1.54, 1.807) is 0 Å². The van der Waals surface area contributed by atoms with Gasteiger partial charge in [-0.05, 0) is 24.3 Å². The quantitative estimate of drug-likeness (QED) is 0.684. The summed E-state index contributed by atoms with van der Waals surface area (Å²) in [6, 6.07) is 5.44. The molecule has 0 heterocycles.